The number of aliphatic carboxylic acids is 3. The average molecular weight is 1110 g/mol. The Labute approximate surface area is 410 Å². The fourth-order valence-electron chi connectivity index (χ4n) is 6.12. The van der Waals surface area contributed by atoms with Crippen molar-refractivity contribution in [2.45, 2.75) is 87.9 Å². The standard InChI is InChI=1S/C35H52N9O22P3S2/c1-37-22(33(52)39-9-4-2-3-7-26(47)42-20(12-28(48)49)34(53)43-21(35(54)55)13-29(50)51)17-71-70-11-8-25(46)38-10-5-6-19-15-44(32-30(19)31(36)40-18-41-32)27-14-23(45)24(64-27)16-63-68(59,60)66-69(61,62)65-67(56,57)58/h15,18,20-24,27,37,45H,2-4,7-14,16-17H2,1H3,(H,38,46)(H,39,52)(H,42,47)(H,43,53)(H,48,49)(H,50,51)(H,54,55)(H,59,60)(H,61,62)(H2,36,40,41)(H2,56,57,58)/t20?,21?,22?,23-,24-,27-/m1/s1. The van der Waals surface area contributed by atoms with Crippen LogP contribution in [0, 0.1) is 11.8 Å². The van der Waals surface area contributed by atoms with Gasteiger partial charge in [-0.2, -0.15) is 8.62 Å². The Morgan fingerprint density at radius 2 is 1.56 bits per heavy atom. The van der Waals surface area contributed by atoms with Gasteiger partial charge in [0.2, 0.25) is 23.6 Å². The van der Waals surface area contributed by atoms with E-state index < -0.39 is 109 Å². The van der Waals surface area contributed by atoms with Crippen LogP contribution in [-0.4, -0.2) is 165 Å². The van der Waals surface area contributed by atoms with Gasteiger partial charge in [-0.15, -0.1) is 0 Å². The third kappa shape index (κ3) is 21.9. The van der Waals surface area contributed by atoms with E-state index in [2.05, 4.69) is 56.2 Å². The fraction of sp³-hybridized carbons (Fsp3) is 0.571. The highest BCUT2D eigenvalue weighted by atomic mass is 33.1. The number of nitrogens with two attached hydrogens (primary N) is 1. The molecule has 2 aromatic rings. The molecule has 0 aliphatic carbocycles. The van der Waals surface area contributed by atoms with Crippen molar-refractivity contribution in [1.82, 2.24) is 41.1 Å². The molecule has 1 aliphatic rings. The number of carbonyl (C=O) groups excluding carboxylic acids is 4. The van der Waals surface area contributed by atoms with Gasteiger partial charge in [0.1, 0.15) is 42.2 Å². The molecule has 31 nitrogen and oxygen atoms in total. The number of hydrogen-bond acceptors (Lipinski definition) is 21. The lowest BCUT2D eigenvalue weighted by molar-refractivity contribution is -0.148. The molecule has 1 aliphatic heterocycles. The lowest BCUT2D eigenvalue weighted by Gasteiger charge is -2.19. The first-order valence-electron chi connectivity index (χ1n) is 20.6. The Kier molecular flexibility index (Phi) is 24.3. The third-order valence-electron chi connectivity index (χ3n) is 9.37. The molecular weight excluding hydrogens is 1060 g/mol. The summed E-state index contributed by atoms with van der Waals surface area (Å²) in [6.07, 6.45) is -1.76. The molecule has 0 bridgehead atoms. The zero-order chi connectivity index (χ0) is 53.1. The molecule has 1 fully saturated rings. The predicted octanol–water partition coefficient (Wildman–Crippen LogP) is -1.49. The van der Waals surface area contributed by atoms with Crippen LogP contribution in [-0.2, 0) is 65.1 Å². The Balaban J connectivity index is 1.38. The third-order valence-corrected chi connectivity index (χ3v) is 15.6. The first-order valence-corrected chi connectivity index (χ1v) is 27.7. The first-order chi connectivity index (χ1) is 33.2. The lowest BCUT2D eigenvalue weighted by Crippen LogP contribution is -2.52. The smallest absolute Gasteiger partial charge is 0.481 e. The van der Waals surface area contributed by atoms with Crippen molar-refractivity contribution in [3.8, 4) is 11.8 Å². The number of aliphatic hydroxyl groups is 1. The van der Waals surface area contributed by atoms with Crippen LogP contribution in [0.25, 0.3) is 11.0 Å². The van der Waals surface area contributed by atoms with Crippen molar-refractivity contribution in [3.05, 3.63) is 18.1 Å². The molecular formula is C35H52N9O22P3S2. The molecule has 5 unspecified atom stereocenters. The number of anilines is 1. The zero-order valence-electron chi connectivity index (χ0n) is 37.2. The number of phosphoric acid groups is 3. The van der Waals surface area contributed by atoms with Gasteiger partial charge in [0.15, 0.2) is 0 Å². The van der Waals surface area contributed by atoms with Crippen LogP contribution in [0.15, 0.2) is 12.5 Å². The van der Waals surface area contributed by atoms with Crippen LogP contribution >= 0.6 is 45.1 Å². The quantitative estimate of drug-likeness (QED) is 0.0177. The average Bonchev–Trinajstić information content (AvgIpc) is 3.82. The second-order valence-electron chi connectivity index (χ2n) is 14.8. The SMILES string of the molecule is CNC(CSSCCC(=O)NCC#Cc1cn([C@H]2C[C@@H](O)[C@@H](COP(=O)(O)OP(=O)(O)OP(=O)(O)O)O2)c2ncnc(N)c12)C(=O)NCCCCCC(=O)NC(CC(=O)O)C(=O)NC(CC(=O)O)C(=O)O. The molecule has 0 saturated carbocycles. The number of fused-ring (bicyclic) bond motifs is 1. The molecule has 8 atom stereocenters. The molecule has 0 spiro atoms. The van der Waals surface area contributed by atoms with Crippen molar-refractivity contribution in [1.29, 1.82) is 0 Å². The van der Waals surface area contributed by atoms with Gasteiger partial charge in [0, 0.05) is 43.5 Å². The van der Waals surface area contributed by atoms with E-state index in [1.54, 1.807) is 7.05 Å². The highest BCUT2D eigenvalue weighted by molar-refractivity contribution is 8.76. The number of carbonyl (C=O) groups is 7. The largest absolute Gasteiger partial charge is 0.490 e. The molecule has 0 radical (unpaired) electrons. The van der Waals surface area contributed by atoms with Gasteiger partial charge >= 0.3 is 41.4 Å². The van der Waals surface area contributed by atoms with Crippen molar-refractivity contribution >= 4 is 103 Å². The predicted molar refractivity (Wildman–Crippen MR) is 246 cm³/mol. The monoisotopic (exact) mass is 1110 g/mol. The Morgan fingerprint density at radius 1 is 0.873 bits per heavy atom. The number of hydrogen-bond donors (Lipinski definition) is 14. The summed E-state index contributed by atoms with van der Waals surface area (Å²) in [5, 5.41) is 50.5. The number of nitrogens with one attached hydrogen (secondary N) is 5. The van der Waals surface area contributed by atoms with E-state index in [1.165, 1.54) is 32.4 Å². The van der Waals surface area contributed by atoms with E-state index in [0.717, 1.165) is 6.33 Å². The summed E-state index contributed by atoms with van der Waals surface area (Å²) in [5.74, 6) is -0.656. The molecule has 15 N–H and O–H groups in total. The summed E-state index contributed by atoms with van der Waals surface area (Å²) >= 11 is 0. The highest BCUT2D eigenvalue weighted by Crippen LogP contribution is 2.66. The summed E-state index contributed by atoms with van der Waals surface area (Å²) in [6, 6.07) is -4.06. The summed E-state index contributed by atoms with van der Waals surface area (Å²) in [5.41, 5.74) is 6.64. The van der Waals surface area contributed by atoms with Crippen LogP contribution in [0.5, 0.6) is 0 Å². The van der Waals surface area contributed by atoms with Crippen molar-refractivity contribution < 1.29 is 105 Å². The number of carboxylic acid groups (broad SMARTS) is 3. The van der Waals surface area contributed by atoms with Crippen LogP contribution in [0.2, 0.25) is 0 Å². The summed E-state index contributed by atoms with van der Waals surface area (Å²) in [4.78, 5) is 128. The van der Waals surface area contributed by atoms with E-state index in [0.29, 0.717) is 41.7 Å². The van der Waals surface area contributed by atoms with E-state index in [1.807, 2.05) is 5.32 Å². The van der Waals surface area contributed by atoms with Crippen molar-refractivity contribution in [2.24, 2.45) is 0 Å². The van der Waals surface area contributed by atoms with Crippen LogP contribution < -0.4 is 32.3 Å². The van der Waals surface area contributed by atoms with Gasteiger partial charge < -0.3 is 81.6 Å². The van der Waals surface area contributed by atoms with Gasteiger partial charge in [0.05, 0.1) is 49.1 Å². The molecule has 1 saturated heterocycles. The van der Waals surface area contributed by atoms with E-state index >= 15 is 0 Å². The van der Waals surface area contributed by atoms with Crippen LogP contribution in [0.3, 0.4) is 0 Å². The normalized spacial score (nSPS) is 18.6. The summed E-state index contributed by atoms with van der Waals surface area (Å²) in [7, 11) is -12.6. The molecule has 2 aromatic heterocycles. The molecule has 71 heavy (non-hydrogen) atoms. The van der Waals surface area contributed by atoms with Gasteiger partial charge in [-0.25, -0.2) is 28.5 Å². The Bertz CT molecular complexity index is 2450. The van der Waals surface area contributed by atoms with E-state index in [9.17, 15) is 62.2 Å². The van der Waals surface area contributed by atoms with Crippen LogP contribution in [0.1, 0.15) is 63.2 Å². The van der Waals surface area contributed by atoms with E-state index in [4.69, 9.17) is 35.6 Å². The number of ether oxygens (including phenoxy) is 1. The number of nitrogens with zero attached hydrogens (tertiary/aromatic N) is 3. The number of aromatic nitrogens is 3. The minimum atomic E-state index is -5.77. The molecule has 3 rings (SSSR count). The second-order valence-corrected chi connectivity index (χ2v) is 21.9. The van der Waals surface area contributed by atoms with Crippen LogP contribution in [0.4, 0.5) is 5.82 Å². The van der Waals surface area contributed by atoms with Crippen molar-refractivity contribution in [2.75, 3.05) is 44.0 Å². The zero-order valence-corrected chi connectivity index (χ0v) is 41.5. The Morgan fingerprint density at radius 3 is 2.21 bits per heavy atom. The van der Waals surface area contributed by atoms with Gasteiger partial charge in [-0.3, -0.25) is 33.3 Å². The number of phosphoric ester groups is 1. The van der Waals surface area contributed by atoms with Gasteiger partial charge in [-0.1, -0.05) is 39.8 Å². The maximum Gasteiger partial charge on any atom is 0.490 e. The van der Waals surface area contributed by atoms with Gasteiger partial charge in [-0.05, 0) is 19.9 Å². The molecule has 4 amide bonds. The first kappa shape index (κ1) is 60.6. The summed E-state index contributed by atoms with van der Waals surface area (Å²) < 4.78 is 53.8. The number of aliphatic hydroxyl groups excluding tert-OH is 1. The summed E-state index contributed by atoms with van der Waals surface area (Å²) in [6.45, 7) is -0.705. The maximum absolute atomic E-state index is 12.7. The van der Waals surface area contributed by atoms with Crippen molar-refractivity contribution in [3.63, 3.8) is 0 Å². The lowest BCUT2D eigenvalue weighted by atomic mass is 10.1. The number of likely N-dealkylation sites (N-methyl/N-ethyl adjacent to an activating group) is 1. The Hall–Kier alpha value is -4.74. The number of carboxylic acids is 3. The molecule has 396 valence electrons. The minimum Gasteiger partial charge on any atom is -0.481 e. The minimum absolute atomic E-state index is 0.0333. The molecule has 3 heterocycles. The number of unbranched alkanes of at least 4 members (excludes halogenated alkanes) is 2. The van der Waals surface area contributed by atoms with E-state index in [-0.39, 0.29) is 55.6 Å². The topological polar surface area (TPSA) is 486 Å². The number of nitrogen functional groups attached to an aromatic ring is 1. The van der Waals surface area contributed by atoms with Gasteiger partial charge in [0.25, 0.3) is 0 Å². The number of rotatable bonds is 31. The number of amides is 4. The fourth-order valence-corrected chi connectivity index (χ4v) is 11.4. The highest BCUT2D eigenvalue weighted by Gasteiger charge is 2.43. The second kappa shape index (κ2) is 28.5. The molecule has 0 aromatic carbocycles. The molecule has 36 heteroatoms. The maximum atomic E-state index is 12.7.